The number of hydrogen-bond donors (Lipinski definition) is 0. The van der Waals surface area contributed by atoms with E-state index in [1.807, 2.05) is 22.7 Å². The van der Waals surface area contributed by atoms with Gasteiger partial charge >= 0.3 is 0 Å². The Morgan fingerprint density at radius 3 is 1.40 bits per heavy atom. The number of carbonyl (C=O) groups is 2. The normalized spacial score (nSPS) is 14.3. The van der Waals surface area contributed by atoms with Crippen molar-refractivity contribution in [3.05, 3.63) is 127 Å². The van der Waals surface area contributed by atoms with Crippen molar-refractivity contribution in [2.24, 2.45) is 23.7 Å². The lowest BCUT2D eigenvalue weighted by atomic mass is 9.81. The average Bonchev–Trinajstić information content (AvgIpc) is 1.64. The monoisotopic (exact) mass is 1290 g/mol. The van der Waals surface area contributed by atoms with Crippen LogP contribution in [0.3, 0.4) is 0 Å². The first-order valence-electron chi connectivity index (χ1n) is 33.5. The predicted molar refractivity (Wildman–Crippen MR) is 392 cm³/mol. The fourth-order valence-corrected chi connectivity index (χ4v) is 20.0. The lowest BCUT2D eigenvalue weighted by molar-refractivity contribution is 0.0980. The van der Waals surface area contributed by atoms with Crippen molar-refractivity contribution in [2.45, 2.75) is 185 Å². The van der Waals surface area contributed by atoms with Crippen molar-refractivity contribution in [2.75, 3.05) is 13.2 Å². The summed E-state index contributed by atoms with van der Waals surface area (Å²) in [5.74, 6) is 3.93. The fraction of sp³-hybridized carbons (Fsp3) is 0.459. The summed E-state index contributed by atoms with van der Waals surface area (Å²) in [6, 6.07) is 31.3. The highest BCUT2D eigenvalue weighted by molar-refractivity contribution is 7.87. The summed E-state index contributed by atoms with van der Waals surface area (Å²) < 4.78 is 28.5. The fourth-order valence-electron chi connectivity index (χ4n) is 12.6. The first-order chi connectivity index (χ1) is 43.2. The Balaban J connectivity index is 0.00000181. The van der Waals surface area contributed by atoms with Crippen LogP contribution < -0.4 is 9.47 Å². The highest BCUT2D eigenvalue weighted by Gasteiger charge is 2.42. The number of unbranched alkanes of at least 4 members (excludes halogenated alkanes) is 4. The van der Waals surface area contributed by atoms with Crippen molar-refractivity contribution in [3.8, 4) is 63.0 Å². The third kappa shape index (κ3) is 15.5. The molecule has 0 spiro atoms. The SMILES string of the molecule is CCCCC(CC)COc1cccc(-c2c3cc(-c4ccc(-c5sc(-c6ccc(C)s6)c6c5C(=O)c5c(CC(CC)CCCC)sc(CC(CC)CCCC)c5C6=O)s4)sc3c(-c3cccc(OCC(CC)CCCC)c3)c3cc(C)sc23)c1.[2H]P([B])[B][3H]. The van der Waals surface area contributed by atoms with Crippen LogP contribution in [0.1, 0.15) is 209 Å². The summed E-state index contributed by atoms with van der Waals surface area (Å²) in [5.41, 5.74) is 7.46. The number of fused-ring (bicyclic) bond motifs is 4. The van der Waals surface area contributed by atoms with Crippen LogP contribution in [0.2, 0.25) is 0 Å². The quantitative estimate of drug-likeness (QED) is 0.0311. The zero-order chi connectivity index (χ0) is 63.3. The molecule has 0 aliphatic heterocycles. The molecule has 4 nitrogen and oxygen atoms in total. The average molecular weight is 1290 g/mol. The Morgan fingerprint density at radius 1 is 0.494 bits per heavy atom. The van der Waals surface area contributed by atoms with E-state index >= 15 is 9.59 Å². The van der Waals surface area contributed by atoms with Crippen molar-refractivity contribution in [1.82, 2.24) is 0 Å². The lowest BCUT2D eigenvalue weighted by Crippen LogP contribution is -2.22. The van der Waals surface area contributed by atoms with Gasteiger partial charge in [0.2, 0.25) is 0 Å². The third-order valence-corrected chi connectivity index (χ3v) is 25.1. The van der Waals surface area contributed by atoms with Gasteiger partial charge in [0.15, 0.2) is 11.6 Å². The number of benzene rings is 3. The Kier molecular flexibility index (Phi) is 23.9. The van der Waals surface area contributed by atoms with Gasteiger partial charge in [-0.2, -0.15) is 0 Å². The van der Waals surface area contributed by atoms with Gasteiger partial charge < -0.3 is 9.47 Å². The van der Waals surface area contributed by atoms with Gasteiger partial charge in [-0.1, -0.05) is 170 Å². The molecule has 5 unspecified atom stereocenters. The van der Waals surface area contributed by atoms with Crippen LogP contribution in [-0.4, -0.2) is 42.5 Å². The van der Waals surface area contributed by atoms with Gasteiger partial charge in [0.1, 0.15) is 19.0 Å². The first kappa shape index (κ1) is 64.4. The molecular weight excluding hydrogens is 1200 g/mol. The van der Waals surface area contributed by atoms with E-state index in [0.717, 1.165) is 142 Å². The largest absolute Gasteiger partial charge is 0.493 e. The lowest BCUT2D eigenvalue weighted by Gasteiger charge is -2.19. The molecule has 13 heteroatoms. The van der Waals surface area contributed by atoms with Crippen LogP contribution in [0.4, 0.5) is 0 Å². The van der Waals surface area contributed by atoms with E-state index in [0.29, 0.717) is 45.9 Å². The standard InChI is InChI=1S/C74H88O4S6.B2H2P/c1-11-19-25-47(15-5)38-61-65-66(62(82-61)39-48(16-6)26-20-12-2)70(76)68-67(69(65)75)73(58-34-33-45(9)79-58)84-74(68)59-36-35-57(81-59)60-42-56-64(52-30-24-32-54(41-52)78-44-50(18-8)28-22-14-4)71-55(37-46(10)80-71)63(72(56)83-60)51-29-23-31-53(40-51)77-43-49(17-7)27-21-13-3;1-3-2/h23-24,29-37,40-42,47-50H,11-22,25-28,38-39,43-44H2,1-10H3;1,3H/i;1T,3D. The van der Waals surface area contributed by atoms with Gasteiger partial charge in [0, 0.05) is 82.7 Å². The summed E-state index contributed by atoms with van der Waals surface area (Å²) in [5, 5.41) is 2.48. The first-order valence-corrected chi connectivity index (χ1v) is 38.4. The number of carbonyl (C=O) groups excluding carboxylic acids is 2. The molecule has 1 aliphatic carbocycles. The van der Waals surface area contributed by atoms with E-state index in [9.17, 15) is 0 Å². The van der Waals surface area contributed by atoms with Gasteiger partial charge in [-0.25, -0.2) is 8.28 Å². The second kappa shape index (κ2) is 32.2. The molecule has 3 aromatic carbocycles. The van der Waals surface area contributed by atoms with E-state index in [1.165, 1.54) is 97.3 Å². The molecule has 6 aromatic heterocycles. The molecule has 9 aromatic rings. The molecule has 3 radical (unpaired) electrons. The Bertz CT molecular complexity index is 3690. The smallest absolute Gasteiger partial charge is 0.197 e. The number of ether oxygens (including phenoxy) is 2. The Labute approximate surface area is 551 Å². The molecule has 0 amide bonds. The van der Waals surface area contributed by atoms with Gasteiger partial charge in [0.25, 0.3) is 0 Å². The summed E-state index contributed by atoms with van der Waals surface area (Å²) >= 11 is 10.7. The number of thiophene rings is 6. The molecule has 10 rings (SSSR count). The molecule has 0 N–H and O–H groups in total. The van der Waals surface area contributed by atoms with Gasteiger partial charge in [-0.15, -0.1) is 68.0 Å². The second-order valence-corrected chi connectivity index (χ2v) is 31.2. The number of hydrogen-bond acceptors (Lipinski definition) is 10. The number of rotatable bonds is 32. The minimum absolute atomic E-state index is 0.0473. The van der Waals surface area contributed by atoms with Crippen molar-refractivity contribution in [3.63, 3.8) is 0 Å². The van der Waals surface area contributed by atoms with E-state index in [4.69, 9.17) is 19.7 Å². The Hall–Kier alpha value is -4.12. The van der Waals surface area contributed by atoms with Gasteiger partial charge in [0.05, 0.1) is 41.7 Å². The molecule has 6 heterocycles. The summed E-state index contributed by atoms with van der Waals surface area (Å²) in [6.07, 6.45) is 20.2. The molecular formula is C74H90B2O4PS6. The molecule has 0 saturated carbocycles. The van der Waals surface area contributed by atoms with Gasteiger partial charge in [-0.05, 0) is 136 Å². The maximum absolute atomic E-state index is 16.0. The predicted octanol–water partition coefficient (Wildman–Crippen LogP) is 24.4. The molecule has 457 valence electrons. The molecule has 0 fully saturated rings. The van der Waals surface area contributed by atoms with Crippen LogP contribution in [-0.2, 0) is 12.8 Å². The molecule has 1 aliphatic rings. The van der Waals surface area contributed by atoms with Crippen LogP contribution in [0, 0.1) is 37.5 Å². The topological polar surface area (TPSA) is 52.6 Å². The van der Waals surface area contributed by atoms with E-state index in [2.05, 4.69) is 154 Å². The highest BCUT2D eigenvalue weighted by Crippen LogP contribution is 2.55. The van der Waals surface area contributed by atoms with Crippen LogP contribution in [0.25, 0.3) is 71.7 Å². The van der Waals surface area contributed by atoms with Crippen LogP contribution >= 0.6 is 76.3 Å². The molecule has 87 heavy (non-hydrogen) atoms. The minimum atomic E-state index is -1.31. The summed E-state index contributed by atoms with van der Waals surface area (Å²) in [7, 11) is 4.40. The van der Waals surface area contributed by atoms with Crippen molar-refractivity contribution < 1.29 is 19.1 Å². The maximum Gasteiger partial charge on any atom is 0.197 e. The number of ketones is 2. The van der Waals surface area contributed by atoms with Crippen molar-refractivity contribution >= 4 is 123 Å². The zero-order valence-electron chi connectivity index (χ0n) is 55.2. The molecule has 0 bridgehead atoms. The third-order valence-electron chi connectivity index (χ3n) is 17.8. The molecule has 0 saturated heterocycles. The number of aryl methyl sites for hydroxylation is 2. The van der Waals surface area contributed by atoms with Crippen LogP contribution in [0.15, 0.2) is 84.9 Å². The van der Waals surface area contributed by atoms with Gasteiger partial charge in [-0.3, -0.25) is 9.59 Å². The zero-order valence-corrected chi connectivity index (χ0v) is 59.0. The van der Waals surface area contributed by atoms with Crippen LogP contribution in [0.5, 0.6) is 11.5 Å². The Morgan fingerprint density at radius 2 is 0.943 bits per heavy atom. The highest BCUT2D eigenvalue weighted by atomic mass is 32.1. The maximum atomic E-state index is 16.0. The van der Waals surface area contributed by atoms with E-state index < -0.39 is 8.28 Å². The molecule has 5 atom stereocenters. The minimum Gasteiger partial charge on any atom is -0.493 e. The second-order valence-electron chi connectivity index (χ2n) is 24.0. The van der Waals surface area contributed by atoms with E-state index in [-0.39, 0.29) is 11.6 Å². The van der Waals surface area contributed by atoms with E-state index in [1.54, 1.807) is 45.3 Å². The summed E-state index contributed by atoms with van der Waals surface area (Å²) in [4.78, 5) is 42.8. The van der Waals surface area contributed by atoms with Crippen molar-refractivity contribution in [1.29, 1.82) is 2.61 Å². The summed E-state index contributed by atoms with van der Waals surface area (Å²) in [6.45, 7) is 24.0.